The van der Waals surface area contributed by atoms with E-state index < -0.39 is 0 Å². The quantitative estimate of drug-likeness (QED) is 0.763. The van der Waals surface area contributed by atoms with Gasteiger partial charge in [0.2, 0.25) is 0 Å². The molecule has 0 aliphatic carbocycles. The number of aryl methyl sites for hydroxylation is 2. The third-order valence-corrected chi connectivity index (χ3v) is 4.27. The number of nitrogens with zero attached hydrogens (tertiary/aromatic N) is 4. The predicted molar refractivity (Wildman–Crippen MR) is 93.1 cm³/mol. The molecular weight excluding hydrogens is 358 g/mol. The Balaban J connectivity index is 1.88. The highest BCUT2D eigenvalue weighted by Gasteiger charge is 2.11. The number of halogens is 1. The van der Waals surface area contributed by atoms with Gasteiger partial charge in [0.05, 0.1) is 17.6 Å². The van der Waals surface area contributed by atoms with Gasteiger partial charge in [-0.2, -0.15) is 10.2 Å². The third-order valence-electron chi connectivity index (χ3n) is 3.50. The summed E-state index contributed by atoms with van der Waals surface area (Å²) in [5.41, 5.74) is 3.52. The van der Waals surface area contributed by atoms with E-state index in [0.717, 1.165) is 16.8 Å². The molecule has 1 aromatic carbocycles. The second-order valence-corrected chi connectivity index (χ2v) is 5.99. The maximum absolute atomic E-state index is 11.9. The molecule has 0 bridgehead atoms. The van der Waals surface area contributed by atoms with Gasteiger partial charge >= 0.3 is 0 Å². The van der Waals surface area contributed by atoms with Crippen molar-refractivity contribution in [2.75, 3.05) is 5.32 Å². The lowest BCUT2D eigenvalue weighted by Crippen LogP contribution is -2.21. The van der Waals surface area contributed by atoms with E-state index in [2.05, 4.69) is 31.4 Å². The van der Waals surface area contributed by atoms with Crippen LogP contribution in [0.1, 0.15) is 5.56 Å². The lowest BCUT2D eigenvalue weighted by atomic mass is 10.1. The van der Waals surface area contributed by atoms with Gasteiger partial charge in [-0.05, 0) is 15.9 Å². The fourth-order valence-corrected chi connectivity index (χ4v) is 2.83. The van der Waals surface area contributed by atoms with Gasteiger partial charge in [-0.15, -0.1) is 0 Å². The molecule has 23 heavy (non-hydrogen) atoms. The second-order valence-electron chi connectivity index (χ2n) is 5.20. The minimum absolute atomic E-state index is 0.176. The van der Waals surface area contributed by atoms with Crippen LogP contribution in [0.15, 0.2) is 52.0 Å². The molecule has 3 aromatic rings. The van der Waals surface area contributed by atoms with E-state index in [9.17, 15) is 4.79 Å². The lowest BCUT2D eigenvalue weighted by molar-refractivity contribution is 0.703. The van der Waals surface area contributed by atoms with Crippen molar-refractivity contribution in [2.24, 2.45) is 14.1 Å². The molecule has 1 N–H and O–H groups in total. The molecule has 7 heteroatoms. The largest absolute Gasteiger partial charge is 0.378 e. The summed E-state index contributed by atoms with van der Waals surface area (Å²) in [7, 11) is 3.51. The summed E-state index contributed by atoms with van der Waals surface area (Å²) in [6, 6.07) is 10.0. The molecule has 0 atom stereocenters. The highest BCUT2D eigenvalue weighted by molar-refractivity contribution is 9.10. The van der Waals surface area contributed by atoms with Gasteiger partial charge in [0.1, 0.15) is 4.47 Å². The summed E-state index contributed by atoms with van der Waals surface area (Å²) in [6.07, 6.45) is 3.60. The first-order valence-electron chi connectivity index (χ1n) is 7.10. The summed E-state index contributed by atoms with van der Waals surface area (Å²) in [5, 5.41) is 11.8. The molecule has 0 spiro atoms. The van der Waals surface area contributed by atoms with Gasteiger partial charge in [-0.1, -0.05) is 30.3 Å². The molecule has 0 aliphatic rings. The fourth-order valence-electron chi connectivity index (χ4n) is 2.33. The molecule has 6 nitrogen and oxygen atoms in total. The SMILES string of the molecule is Cn1cc(CNc2cnn(C)c(=O)c2Br)c(-c2ccccc2)n1. The van der Waals surface area contributed by atoms with Crippen molar-refractivity contribution >= 4 is 21.6 Å². The minimum atomic E-state index is -0.176. The zero-order valence-electron chi connectivity index (χ0n) is 12.8. The number of hydrogen-bond donors (Lipinski definition) is 1. The van der Waals surface area contributed by atoms with Gasteiger partial charge in [0.15, 0.2) is 0 Å². The Morgan fingerprint density at radius 3 is 2.70 bits per heavy atom. The maximum atomic E-state index is 11.9. The van der Waals surface area contributed by atoms with Crippen LogP contribution in [0.3, 0.4) is 0 Å². The highest BCUT2D eigenvalue weighted by atomic mass is 79.9. The molecule has 0 fully saturated rings. The van der Waals surface area contributed by atoms with Crippen LogP contribution in [-0.4, -0.2) is 19.6 Å². The van der Waals surface area contributed by atoms with E-state index in [1.54, 1.807) is 17.9 Å². The molecule has 2 aromatic heterocycles. The van der Waals surface area contributed by atoms with Crippen LogP contribution in [0.5, 0.6) is 0 Å². The maximum Gasteiger partial charge on any atom is 0.282 e. The molecule has 0 aliphatic heterocycles. The number of anilines is 1. The van der Waals surface area contributed by atoms with E-state index in [1.165, 1.54) is 4.68 Å². The number of benzene rings is 1. The summed E-state index contributed by atoms with van der Waals surface area (Å²) < 4.78 is 3.55. The topological polar surface area (TPSA) is 64.7 Å². The van der Waals surface area contributed by atoms with Crippen LogP contribution in [0.2, 0.25) is 0 Å². The van der Waals surface area contributed by atoms with E-state index in [1.807, 2.05) is 43.6 Å². The number of rotatable bonds is 4. The average molecular weight is 374 g/mol. The summed E-state index contributed by atoms with van der Waals surface area (Å²) in [6.45, 7) is 0.547. The van der Waals surface area contributed by atoms with Crippen molar-refractivity contribution in [3.05, 3.63) is 63.1 Å². The van der Waals surface area contributed by atoms with Crippen molar-refractivity contribution < 1.29 is 0 Å². The Labute approximate surface area is 141 Å². The van der Waals surface area contributed by atoms with Crippen LogP contribution < -0.4 is 10.9 Å². The van der Waals surface area contributed by atoms with Crippen LogP contribution in [0.25, 0.3) is 11.3 Å². The molecule has 2 heterocycles. The van der Waals surface area contributed by atoms with Gasteiger partial charge in [-0.3, -0.25) is 9.48 Å². The molecule has 0 saturated heterocycles. The monoisotopic (exact) mass is 373 g/mol. The Kier molecular flexibility index (Phi) is 4.29. The molecule has 0 unspecified atom stereocenters. The van der Waals surface area contributed by atoms with E-state index in [0.29, 0.717) is 16.7 Å². The van der Waals surface area contributed by atoms with Crippen molar-refractivity contribution in [1.82, 2.24) is 19.6 Å². The van der Waals surface area contributed by atoms with Crippen molar-refractivity contribution in [1.29, 1.82) is 0 Å². The van der Waals surface area contributed by atoms with Crippen LogP contribution >= 0.6 is 15.9 Å². The number of hydrogen-bond acceptors (Lipinski definition) is 4. The van der Waals surface area contributed by atoms with Gasteiger partial charge < -0.3 is 5.32 Å². The average Bonchev–Trinajstić information content (AvgIpc) is 2.94. The zero-order valence-corrected chi connectivity index (χ0v) is 14.4. The second kappa shape index (κ2) is 6.37. The van der Waals surface area contributed by atoms with Gasteiger partial charge in [0.25, 0.3) is 5.56 Å². The Hall–Kier alpha value is -2.41. The van der Waals surface area contributed by atoms with Crippen LogP contribution in [0, 0.1) is 0 Å². The van der Waals surface area contributed by atoms with Crippen LogP contribution in [-0.2, 0) is 20.6 Å². The zero-order chi connectivity index (χ0) is 16.4. The summed E-state index contributed by atoms with van der Waals surface area (Å²) in [4.78, 5) is 11.9. The van der Waals surface area contributed by atoms with Gasteiger partial charge in [-0.25, -0.2) is 4.68 Å². The normalized spacial score (nSPS) is 10.7. The molecule has 0 radical (unpaired) electrons. The Morgan fingerprint density at radius 1 is 1.22 bits per heavy atom. The van der Waals surface area contributed by atoms with E-state index >= 15 is 0 Å². The van der Waals surface area contributed by atoms with Crippen molar-refractivity contribution in [3.8, 4) is 11.3 Å². The first-order valence-corrected chi connectivity index (χ1v) is 7.89. The smallest absolute Gasteiger partial charge is 0.282 e. The minimum Gasteiger partial charge on any atom is -0.378 e. The standard InChI is InChI=1S/C16H16BrN5O/c1-21-10-12(15(20-21)11-6-4-3-5-7-11)8-18-13-9-19-22(2)16(23)14(13)17/h3-7,9-10,18H,8H2,1-2H3. The lowest BCUT2D eigenvalue weighted by Gasteiger charge is -2.08. The first-order chi connectivity index (χ1) is 11.1. The van der Waals surface area contributed by atoms with Gasteiger partial charge in [0, 0.05) is 38.0 Å². The number of nitrogens with one attached hydrogen (secondary N) is 1. The third kappa shape index (κ3) is 3.19. The van der Waals surface area contributed by atoms with Crippen molar-refractivity contribution in [2.45, 2.75) is 6.54 Å². The van der Waals surface area contributed by atoms with E-state index in [-0.39, 0.29) is 5.56 Å². The number of aromatic nitrogens is 4. The molecule has 3 rings (SSSR count). The molecule has 0 amide bonds. The molecule has 118 valence electrons. The van der Waals surface area contributed by atoms with Crippen molar-refractivity contribution in [3.63, 3.8) is 0 Å². The highest BCUT2D eigenvalue weighted by Crippen LogP contribution is 2.23. The van der Waals surface area contributed by atoms with Crippen LogP contribution in [0.4, 0.5) is 5.69 Å². The Morgan fingerprint density at radius 2 is 1.96 bits per heavy atom. The summed E-state index contributed by atoms with van der Waals surface area (Å²) >= 11 is 3.32. The van der Waals surface area contributed by atoms with E-state index in [4.69, 9.17) is 0 Å². The molecule has 0 saturated carbocycles. The molecular formula is C16H16BrN5O. The predicted octanol–water partition coefficient (Wildman–Crippen LogP) is 2.56. The first kappa shape index (κ1) is 15.5. The Bertz CT molecular complexity index is 885. The summed E-state index contributed by atoms with van der Waals surface area (Å²) in [5.74, 6) is 0. The fraction of sp³-hybridized carbons (Fsp3) is 0.188.